The number of nitrogens with one attached hydrogen (secondary N) is 1. The predicted octanol–water partition coefficient (Wildman–Crippen LogP) is 4.71. The second-order valence-electron chi connectivity index (χ2n) is 7.14. The van der Waals surface area contributed by atoms with E-state index in [9.17, 15) is 4.79 Å². The first-order valence-electron chi connectivity index (χ1n) is 9.67. The molecule has 146 valence electrons. The third kappa shape index (κ3) is 6.06. The van der Waals surface area contributed by atoms with Crippen molar-refractivity contribution in [1.29, 1.82) is 0 Å². The molecule has 6 heteroatoms. The molecule has 1 unspecified atom stereocenters. The predicted molar refractivity (Wildman–Crippen MR) is 106 cm³/mol. The van der Waals surface area contributed by atoms with Crippen molar-refractivity contribution in [3.63, 3.8) is 0 Å². The van der Waals surface area contributed by atoms with E-state index in [1.165, 1.54) is 19.3 Å². The van der Waals surface area contributed by atoms with E-state index in [2.05, 4.69) is 17.1 Å². The van der Waals surface area contributed by atoms with Crippen LogP contribution in [0.3, 0.4) is 0 Å². The summed E-state index contributed by atoms with van der Waals surface area (Å²) in [7, 11) is 0. The second-order valence-corrected chi connectivity index (χ2v) is 7.14. The Balaban J connectivity index is 0.00000243. The van der Waals surface area contributed by atoms with E-state index < -0.39 is 0 Å². The van der Waals surface area contributed by atoms with Crippen molar-refractivity contribution in [2.24, 2.45) is 5.92 Å². The van der Waals surface area contributed by atoms with Crippen LogP contribution in [0.2, 0.25) is 0 Å². The molecule has 4 rings (SSSR count). The lowest BCUT2D eigenvalue weighted by Crippen LogP contribution is -2.52. The molecule has 0 saturated carbocycles. The number of unbranched alkanes of at least 4 members (excludes halogenated alkanes) is 3. The molecule has 0 radical (unpaired) electrons. The molecule has 1 atom stereocenters. The van der Waals surface area contributed by atoms with Crippen LogP contribution in [0.5, 0.6) is 5.75 Å². The Morgan fingerprint density at radius 1 is 1.23 bits per heavy atom. The first kappa shape index (κ1) is 20.8. The van der Waals surface area contributed by atoms with Gasteiger partial charge in [-0.25, -0.2) is 4.79 Å². The zero-order valence-electron chi connectivity index (χ0n) is 15.6. The molecule has 1 aromatic carbocycles. The molecule has 5 nitrogen and oxygen atoms in total. The van der Waals surface area contributed by atoms with Crippen molar-refractivity contribution in [3.05, 3.63) is 24.3 Å². The van der Waals surface area contributed by atoms with Crippen LogP contribution in [0, 0.1) is 5.92 Å². The first-order valence-corrected chi connectivity index (χ1v) is 9.67. The van der Waals surface area contributed by atoms with E-state index in [-0.39, 0.29) is 24.6 Å². The molecule has 1 N–H and O–H groups in total. The van der Waals surface area contributed by atoms with Gasteiger partial charge < -0.3 is 9.47 Å². The Hall–Kier alpha value is -1.46. The van der Waals surface area contributed by atoms with E-state index in [0.717, 1.165) is 50.3 Å². The maximum Gasteiger partial charge on any atom is 0.411 e. The number of carbonyl (C=O) groups excluding carboxylic acids is 1. The fourth-order valence-corrected chi connectivity index (χ4v) is 3.71. The summed E-state index contributed by atoms with van der Waals surface area (Å²) < 4.78 is 11.4. The van der Waals surface area contributed by atoms with Gasteiger partial charge in [0.1, 0.15) is 11.9 Å². The summed E-state index contributed by atoms with van der Waals surface area (Å²) in [6.45, 7) is 6.07. The minimum absolute atomic E-state index is 0. The van der Waals surface area contributed by atoms with Crippen LogP contribution in [0.25, 0.3) is 0 Å². The lowest BCUT2D eigenvalue weighted by atomic mass is 9.86. The third-order valence-electron chi connectivity index (χ3n) is 5.20. The minimum Gasteiger partial charge on any atom is -0.494 e. The van der Waals surface area contributed by atoms with Gasteiger partial charge in [0.05, 0.1) is 6.61 Å². The van der Waals surface area contributed by atoms with Crippen molar-refractivity contribution < 1.29 is 14.3 Å². The van der Waals surface area contributed by atoms with Gasteiger partial charge in [0.2, 0.25) is 0 Å². The van der Waals surface area contributed by atoms with Gasteiger partial charge in [-0.05, 0) is 50.4 Å². The number of ether oxygens (including phenoxy) is 2. The van der Waals surface area contributed by atoms with Gasteiger partial charge >= 0.3 is 6.09 Å². The lowest BCUT2D eigenvalue weighted by molar-refractivity contribution is -0.0289. The Morgan fingerprint density at radius 2 is 2.04 bits per heavy atom. The van der Waals surface area contributed by atoms with Crippen LogP contribution in [0.15, 0.2) is 24.3 Å². The SMILES string of the molecule is CCCCCCOc1cccc(NC(=O)OC2CN3CCC2CC3)c1.Cl. The second kappa shape index (κ2) is 10.6. The summed E-state index contributed by atoms with van der Waals surface area (Å²) in [6.07, 6.45) is 6.67. The number of amides is 1. The van der Waals surface area contributed by atoms with Crippen molar-refractivity contribution in [2.75, 3.05) is 31.6 Å². The standard InChI is InChI=1S/C20H30N2O3.ClH/c1-2-3-4-5-13-24-18-8-6-7-17(14-18)21-20(23)25-19-15-22-11-9-16(19)10-12-22;/h6-8,14,16,19H,2-5,9-13,15H2,1H3,(H,21,23);1H. The van der Waals surface area contributed by atoms with Crippen molar-refractivity contribution in [2.45, 2.75) is 51.6 Å². The Bertz CT molecular complexity index is 562. The minimum atomic E-state index is -0.362. The van der Waals surface area contributed by atoms with Gasteiger partial charge in [-0.2, -0.15) is 0 Å². The number of rotatable bonds is 8. The summed E-state index contributed by atoms with van der Waals surface area (Å²) in [4.78, 5) is 14.6. The fraction of sp³-hybridized carbons (Fsp3) is 0.650. The van der Waals surface area contributed by atoms with Crippen LogP contribution in [-0.2, 0) is 4.74 Å². The van der Waals surface area contributed by atoms with E-state index in [0.29, 0.717) is 12.5 Å². The van der Waals surface area contributed by atoms with Gasteiger partial charge in [0.15, 0.2) is 0 Å². The van der Waals surface area contributed by atoms with Gasteiger partial charge in [0, 0.05) is 18.3 Å². The maximum atomic E-state index is 12.2. The molecule has 3 aliphatic rings. The van der Waals surface area contributed by atoms with Crippen molar-refractivity contribution in [3.8, 4) is 5.75 Å². The molecule has 3 saturated heterocycles. The number of hydrogen-bond acceptors (Lipinski definition) is 4. The van der Waals surface area contributed by atoms with Gasteiger partial charge in [-0.1, -0.05) is 32.3 Å². The number of piperidine rings is 3. The highest BCUT2D eigenvalue weighted by atomic mass is 35.5. The van der Waals surface area contributed by atoms with E-state index in [1.807, 2.05) is 24.3 Å². The molecular weight excluding hydrogens is 352 g/mol. The van der Waals surface area contributed by atoms with Crippen molar-refractivity contribution in [1.82, 2.24) is 4.90 Å². The Kier molecular flexibility index (Phi) is 8.52. The molecule has 26 heavy (non-hydrogen) atoms. The summed E-state index contributed by atoms with van der Waals surface area (Å²) >= 11 is 0. The average Bonchev–Trinajstić information content (AvgIpc) is 2.63. The summed E-state index contributed by atoms with van der Waals surface area (Å²) in [5.41, 5.74) is 0.720. The van der Waals surface area contributed by atoms with Crippen LogP contribution in [0.4, 0.5) is 10.5 Å². The number of benzene rings is 1. The van der Waals surface area contributed by atoms with Gasteiger partial charge in [0.25, 0.3) is 0 Å². The number of anilines is 1. The number of carbonyl (C=O) groups is 1. The monoisotopic (exact) mass is 382 g/mol. The highest BCUT2D eigenvalue weighted by Crippen LogP contribution is 2.29. The Labute approximate surface area is 162 Å². The number of halogens is 1. The highest BCUT2D eigenvalue weighted by molar-refractivity contribution is 5.85. The maximum absolute atomic E-state index is 12.2. The third-order valence-corrected chi connectivity index (χ3v) is 5.20. The number of hydrogen-bond donors (Lipinski definition) is 1. The van der Waals surface area contributed by atoms with Gasteiger partial charge in [-0.15, -0.1) is 12.4 Å². The van der Waals surface area contributed by atoms with Crippen molar-refractivity contribution >= 4 is 24.2 Å². The largest absolute Gasteiger partial charge is 0.494 e. The van der Waals surface area contributed by atoms with E-state index in [4.69, 9.17) is 9.47 Å². The zero-order valence-corrected chi connectivity index (χ0v) is 16.4. The van der Waals surface area contributed by atoms with E-state index >= 15 is 0 Å². The molecule has 3 aliphatic heterocycles. The quantitative estimate of drug-likeness (QED) is 0.661. The molecule has 0 spiro atoms. The summed E-state index contributed by atoms with van der Waals surface area (Å²) in [5.74, 6) is 1.31. The smallest absolute Gasteiger partial charge is 0.411 e. The molecule has 0 aromatic heterocycles. The topological polar surface area (TPSA) is 50.8 Å². The van der Waals surface area contributed by atoms with Crippen LogP contribution >= 0.6 is 12.4 Å². The summed E-state index contributed by atoms with van der Waals surface area (Å²) in [6, 6.07) is 7.54. The first-order chi connectivity index (χ1) is 12.2. The molecule has 0 aliphatic carbocycles. The molecule has 3 fully saturated rings. The lowest BCUT2D eigenvalue weighted by Gasteiger charge is -2.43. The molecule has 1 aromatic rings. The molecular formula is C20H31ClN2O3. The van der Waals surface area contributed by atoms with Crippen LogP contribution < -0.4 is 10.1 Å². The van der Waals surface area contributed by atoms with Crippen LogP contribution in [-0.4, -0.2) is 43.3 Å². The van der Waals surface area contributed by atoms with Gasteiger partial charge in [-0.3, -0.25) is 10.2 Å². The molecule has 3 heterocycles. The number of nitrogens with zero attached hydrogens (tertiary/aromatic N) is 1. The molecule has 2 bridgehead atoms. The molecule has 1 amide bonds. The average molecular weight is 383 g/mol. The van der Waals surface area contributed by atoms with Crippen LogP contribution in [0.1, 0.15) is 45.4 Å². The number of fused-ring (bicyclic) bond motifs is 3. The normalized spacial score (nSPS) is 23.8. The highest BCUT2D eigenvalue weighted by Gasteiger charge is 2.36. The summed E-state index contributed by atoms with van der Waals surface area (Å²) in [5, 5.41) is 2.84. The van der Waals surface area contributed by atoms with E-state index in [1.54, 1.807) is 0 Å². The Morgan fingerprint density at radius 3 is 2.73 bits per heavy atom. The zero-order chi connectivity index (χ0) is 17.5. The fourth-order valence-electron chi connectivity index (χ4n) is 3.71.